The molecular formula is C10H20INO. The van der Waals surface area contributed by atoms with Crippen LogP contribution in [0.25, 0.3) is 0 Å². The van der Waals surface area contributed by atoms with Gasteiger partial charge in [-0.05, 0) is 5.41 Å². The molecule has 0 aliphatic carbocycles. The maximum Gasteiger partial charge on any atom is 0.226 e. The molecule has 0 fully saturated rings. The van der Waals surface area contributed by atoms with Gasteiger partial charge in [0.2, 0.25) is 5.91 Å². The molecule has 0 bridgehead atoms. The fraction of sp³-hybridized carbons (Fsp3) is 0.900. The minimum Gasteiger partial charge on any atom is -0.355 e. The second kappa shape index (κ2) is 4.62. The van der Waals surface area contributed by atoms with Crippen LogP contribution in [0.5, 0.6) is 0 Å². The van der Waals surface area contributed by atoms with Gasteiger partial charge in [-0.3, -0.25) is 4.79 Å². The topological polar surface area (TPSA) is 29.1 Å². The molecule has 0 heterocycles. The van der Waals surface area contributed by atoms with Crippen molar-refractivity contribution in [3.8, 4) is 0 Å². The molecule has 0 aromatic heterocycles. The van der Waals surface area contributed by atoms with E-state index in [0.29, 0.717) is 0 Å². The third-order valence-electron chi connectivity index (χ3n) is 1.73. The standard InChI is InChI=1S/C10H20INO/c1-9(2,3)7-12-8(13)10(4,5)6-11/h6-7H2,1-5H3,(H,12,13). The second-order valence-corrected chi connectivity index (χ2v) is 6.02. The van der Waals surface area contributed by atoms with Crippen LogP contribution in [0.4, 0.5) is 0 Å². The number of carbonyl (C=O) groups is 1. The summed E-state index contributed by atoms with van der Waals surface area (Å²) in [6, 6.07) is 0. The molecule has 0 spiro atoms. The van der Waals surface area contributed by atoms with E-state index in [4.69, 9.17) is 0 Å². The van der Waals surface area contributed by atoms with Crippen molar-refractivity contribution in [2.24, 2.45) is 10.8 Å². The summed E-state index contributed by atoms with van der Waals surface area (Å²) in [6.45, 7) is 11.0. The third-order valence-corrected chi connectivity index (χ3v) is 3.64. The lowest BCUT2D eigenvalue weighted by atomic mass is 9.93. The summed E-state index contributed by atoms with van der Waals surface area (Å²) in [5.74, 6) is 0.150. The van der Waals surface area contributed by atoms with Crippen LogP contribution in [0.2, 0.25) is 0 Å². The number of hydrogen-bond acceptors (Lipinski definition) is 1. The van der Waals surface area contributed by atoms with E-state index in [1.54, 1.807) is 0 Å². The number of amides is 1. The molecule has 0 saturated carbocycles. The molecule has 0 aliphatic heterocycles. The summed E-state index contributed by atoms with van der Waals surface area (Å²) in [6.07, 6.45) is 0. The van der Waals surface area contributed by atoms with Crippen LogP contribution in [-0.4, -0.2) is 16.9 Å². The van der Waals surface area contributed by atoms with Crippen LogP contribution >= 0.6 is 22.6 Å². The summed E-state index contributed by atoms with van der Waals surface area (Å²) in [4.78, 5) is 11.6. The van der Waals surface area contributed by atoms with Gasteiger partial charge < -0.3 is 5.32 Å². The van der Waals surface area contributed by atoms with Crippen LogP contribution in [-0.2, 0) is 4.79 Å². The second-order valence-electron chi connectivity index (χ2n) is 5.26. The molecule has 1 N–H and O–H groups in total. The normalized spacial score (nSPS) is 12.8. The molecule has 3 heteroatoms. The third kappa shape index (κ3) is 5.49. The van der Waals surface area contributed by atoms with Gasteiger partial charge in [-0.15, -0.1) is 0 Å². The van der Waals surface area contributed by atoms with E-state index in [-0.39, 0.29) is 16.7 Å². The molecule has 0 aromatic carbocycles. The van der Waals surface area contributed by atoms with E-state index in [1.165, 1.54) is 0 Å². The van der Waals surface area contributed by atoms with Gasteiger partial charge >= 0.3 is 0 Å². The highest BCUT2D eigenvalue weighted by molar-refractivity contribution is 14.1. The minimum atomic E-state index is -0.244. The first-order valence-electron chi connectivity index (χ1n) is 4.53. The van der Waals surface area contributed by atoms with Crippen LogP contribution in [0, 0.1) is 10.8 Å². The largest absolute Gasteiger partial charge is 0.355 e. The highest BCUT2D eigenvalue weighted by Crippen LogP contribution is 2.19. The summed E-state index contributed by atoms with van der Waals surface area (Å²) in [5, 5.41) is 2.97. The summed E-state index contributed by atoms with van der Waals surface area (Å²) in [5.41, 5.74) is -0.0805. The van der Waals surface area contributed by atoms with Gasteiger partial charge in [0.15, 0.2) is 0 Å². The zero-order chi connectivity index (χ0) is 10.7. The molecule has 13 heavy (non-hydrogen) atoms. The quantitative estimate of drug-likeness (QED) is 0.629. The Morgan fingerprint density at radius 2 is 1.69 bits per heavy atom. The van der Waals surface area contributed by atoms with Crippen molar-refractivity contribution < 1.29 is 4.79 Å². The predicted octanol–water partition coefficient (Wildman–Crippen LogP) is 2.61. The van der Waals surface area contributed by atoms with Gasteiger partial charge in [-0.2, -0.15) is 0 Å². The van der Waals surface area contributed by atoms with Crippen LogP contribution < -0.4 is 5.32 Å². The molecule has 78 valence electrons. The zero-order valence-electron chi connectivity index (χ0n) is 9.20. The number of carbonyl (C=O) groups excluding carboxylic acids is 1. The first-order chi connectivity index (χ1) is 5.69. The van der Waals surface area contributed by atoms with Gasteiger partial charge in [0, 0.05) is 11.0 Å². The molecule has 0 radical (unpaired) electrons. The fourth-order valence-electron chi connectivity index (χ4n) is 0.645. The Morgan fingerprint density at radius 3 is 2.00 bits per heavy atom. The van der Waals surface area contributed by atoms with Gasteiger partial charge in [0.05, 0.1) is 5.41 Å². The Hall–Kier alpha value is 0.200. The maximum atomic E-state index is 11.6. The lowest BCUT2D eigenvalue weighted by Crippen LogP contribution is -2.41. The first kappa shape index (κ1) is 13.2. The minimum absolute atomic E-state index is 0.150. The summed E-state index contributed by atoms with van der Waals surface area (Å²) < 4.78 is 0.848. The van der Waals surface area contributed by atoms with E-state index < -0.39 is 0 Å². The molecule has 2 nitrogen and oxygen atoms in total. The van der Waals surface area contributed by atoms with E-state index in [0.717, 1.165) is 11.0 Å². The van der Waals surface area contributed by atoms with Crippen LogP contribution in [0.1, 0.15) is 34.6 Å². The van der Waals surface area contributed by atoms with E-state index in [1.807, 2.05) is 13.8 Å². The molecule has 0 rings (SSSR count). The molecular weight excluding hydrogens is 277 g/mol. The van der Waals surface area contributed by atoms with Crippen molar-refractivity contribution in [2.75, 3.05) is 11.0 Å². The Kier molecular flexibility index (Phi) is 4.69. The van der Waals surface area contributed by atoms with Crippen molar-refractivity contribution in [3.05, 3.63) is 0 Å². The molecule has 0 atom stereocenters. The van der Waals surface area contributed by atoms with Gasteiger partial charge in [-0.1, -0.05) is 57.2 Å². The van der Waals surface area contributed by atoms with Gasteiger partial charge in [-0.25, -0.2) is 0 Å². The molecule has 0 aromatic rings. The number of nitrogens with one attached hydrogen (secondary N) is 1. The number of halogens is 1. The average molecular weight is 297 g/mol. The monoisotopic (exact) mass is 297 g/mol. The SMILES string of the molecule is CC(C)(C)CNC(=O)C(C)(C)CI. The number of alkyl halides is 1. The smallest absolute Gasteiger partial charge is 0.226 e. The average Bonchev–Trinajstić information content (AvgIpc) is 1.98. The number of hydrogen-bond donors (Lipinski definition) is 1. The summed E-state index contributed by atoms with van der Waals surface area (Å²) >= 11 is 2.25. The Balaban J connectivity index is 4.03. The van der Waals surface area contributed by atoms with Crippen LogP contribution in [0.3, 0.4) is 0 Å². The summed E-state index contributed by atoms with van der Waals surface area (Å²) in [7, 11) is 0. The molecule has 0 saturated heterocycles. The first-order valence-corrected chi connectivity index (χ1v) is 6.06. The maximum absolute atomic E-state index is 11.6. The Bertz CT molecular complexity index is 182. The van der Waals surface area contributed by atoms with Gasteiger partial charge in [0.1, 0.15) is 0 Å². The lowest BCUT2D eigenvalue weighted by Gasteiger charge is -2.25. The Labute approximate surface area is 95.0 Å². The fourth-order valence-corrected chi connectivity index (χ4v) is 0.992. The predicted molar refractivity (Wildman–Crippen MR) is 65.1 cm³/mol. The molecule has 0 aliphatic rings. The van der Waals surface area contributed by atoms with Crippen molar-refractivity contribution in [2.45, 2.75) is 34.6 Å². The van der Waals surface area contributed by atoms with Crippen molar-refractivity contribution >= 4 is 28.5 Å². The van der Waals surface area contributed by atoms with Gasteiger partial charge in [0.25, 0.3) is 0 Å². The van der Waals surface area contributed by atoms with Crippen molar-refractivity contribution in [1.82, 2.24) is 5.32 Å². The Morgan fingerprint density at radius 1 is 1.23 bits per heavy atom. The zero-order valence-corrected chi connectivity index (χ0v) is 11.4. The van der Waals surface area contributed by atoms with E-state index in [9.17, 15) is 4.79 Å². The number of rotatable bonds is 3. The lowest BCUT2D eigenvalue weighted by molar-refractivity contribution is -0.128. The molecule has 1 amide bonds. The van der Waals surface area contributed by atoms with Crippen molar-refractivity contribution in [1.29, 1.82) is 0 Å². The van der Waals surface area contributed by atoms with Crippen molar-refractivity contribution in [3.63, 3.8) is 0 Å². The van der Waals surface area contributed by atoms with E-state index >= 15 is 0 Å². The van der Waals surface area contributed by atoms with Crippen LogP contribution in [0.15, 0.2) is 0 Å². The molecule has 0 unspecified atom stereocenters. The highest BCUT2D eigenvalue weighted by Gasteiger charge is 2.26. The van der Waals surface area contributed by atoms with E-state index in [2.05, 4.69) is 48.7 Å². The highest BCUT2D eigenvalue weighted by atomic mass is 127.